The highest BCUT2D eigenvalue weighted by molar-refractivity contribution is 6.33. The monoisotopic (exact) mass is 307 g/mol. The third-order valence-corrected chi connectivity index (χ3v) is 3.80. The quantitative estimate of drug-likeness (QED) is 0.904. The smallest absolute Gasteiger partial charge is 0.219 e. The zero-order valence-corrected chi connectivity index (χ0v) is 12.7. The number of nitriles is 1. The Morgan fingerprint density at radius 2 is 2.19 bits per heavy atom. The summed E-state index contributed by atoms with van der Waals surface area (Å²) in [7, 11) is 0. The number of nitrogens with zero attached hydrogens (tertiary/aromatic N) is 4. The van der Waals surface area contributed by atoms with Crippen LogP contribution in [0.5, 0.6) is 0 Å². The van der Waals surface area contributed by atoms with Crippen LogP contribution in [0, 0.1) is 11.3 Å². The molecule has 1 aromatic heterocycles. The van der Waals surface area contributed by atoms with Gasteiger partial charge in [-0.25, -0.2) is 4.98 Å². The van der Waals surface area contributed by atoms with Crippen molar-refractivity contribution in [3.63, 3.8) is 0 Å². The molecule has 21 heavy (non-hydrogen) atoms. The van der Waals surface area contributed by atoms with E-state index < -0.39 is 0 Å². The molecule has 1 aliphatic rings. The van der Waals surface area contributed by atoms with E-state index in [4.69, 9.17) is 16.9 Å². The number of halogens is 1. The van der Waals surface area contributed by atoms with Crippen molar-refractivity contribution >= 4 is 23.3 Å². The Balaban J connectivity index is 1.75. The molecule has 112 valence electrons. The number of anilines is 1. The average molecular weight is 308 g/mol. The van der Waals surface area contributed by atoms with Crippen molar-refractivity contribution in [2.24, 2.45) is 0 Å². The molecule has 0 aromatic carbocycles. The highest BCUT2D eigenvalue weighted by Gasteiger charge is 2.17. The van der Waals surface area contributed by atoms with Crippen molar-refractivity contribution in [3.8, 4) is 6.07 Å². The van der Waals surface area contributed by atoms with Crippen LogP contribution in [0.15, 0.2) is 12.3 Å². The lowest BCUT2D eigenvalue weighted by molar-refractivity contribution is -0.130. The summed E-state index contributed by atoms with van der Waals surface area (Å²) in [5, 5.41) is 12.4. The number of nitrogens with one attached hydrogen (secondary N) is 1. The predicted molar refractivity (Wildman–Crippen MR) is 81.1 cm³/mol. The lowest BCUT2D eigenvalue weighted by Gasteiger charge is -2.34. The second-order valence-corrected chi connectivity index (χ2v) is 5.35. The van der Waals surface area contributed by atoms with Crippen molar-refractivity contribution in [1.29, 1.82) is 5.26 Å². The molecule has 0 spiro atoms. The molecule has 0 saturated carbocycles. The maximum atomic E-state index is 11.2. The van der Waals surface area contributed by atoms with Gasteiger partial charge in [0, 0.05) is 52.4 Å². The molecule has 6 nitrogen and oxygen atoms in total. The summed E-state index contributed by atoms with van der Waals surface area (Å²) in [6.07, 6.45) is 1.50. The maximum absolute atomic E-state index is 11.2. The lowest BCUT2D eigenvalue weighted by Crippen LogP contribution is -2.49. The number of amides is 1. The summed E-state index contributed by atoms with van der Waals surface area (Å²) in [5.41, 5.74) is 0.450. The molecule has 2 rings (SSSR count). The number of carbonyl (C=O) groups is 1. The molecule has 0 radical (unpaired) electrons. The summed E-state index contributed by atoms with van der Waals surface area (Å²) in [6, 6.07) is 3.60. The first-order valence-corrected chi connectivity index (χ1v) is 7.25. The normalized spacial score (nSPS) is 15.6. The Morgan fingerprint density at radius 3 is 2.76 bits per heavy atom. The highest BCUT2D eigenvalue weighted by atomic mass is 35.5. The van der Waals surface area contributed by atoms with E-state index in [1.54, 1.807) is 13.0 Å². The van der Waals surface area contributed by atoms with Gasteiger partial charge in [0.25, 0.3) is 0 Å². The van der Waals surface area contributed by atoms with E-state index in [2.05, 4.69) is 15.2 Å². The average Bonchev–Trinajstić information content (AvgIpc) is 2.49. The van der Waals surface area contributed by atoms with Crippen molar-refractivity contribution in [2.75, 3.05) is 44.6 Å². The van der Waals surface area contributed by atoms with Gasteiger partial charge in [0.05, 0.1) is 10.6 Å². The fourth-order valence-electron chi connectivity index (χ4n) is 2.25. The molecule has 1 aliphatic heterocycles. The van der Waals surface area contributed by atoms with E-state index in [1.165, 1.54) is 6.20 Å². The van der Waals surface area contributed by atoms with Crippen LogP contribution < -0.4 is 5.32 Å². The molecular formula is C14H18ClN5O. The number of hydrogen-bond acceptors (Lipinski definition) is 5. The van der Waals surface area contributed by atoms with E-state index in [9.17, 15) is 4.79 Å². The summed E-state index contributed by atoms with van der Waals surface area (Å²) < 4.78 is 0. The van der Waals surface area contributed by atoms with Crippen molar-refractivity contribution in [2.45, 2.75) is 6.92 Å². The van der Waals surface area contributed by atoms with Gasteiger partial charge in [-0.1, -0.05) is 11.6 Å². The van der Waals surface area contributed by atoms with E-state index in [0.29, 0.717) is 16.4 Å². The minimum absolute atomic E-state index is 0.140. The molecule has 1 saturated heterocycles. The molecule has 0 atom stereocenters. The third kappa shape index (κ3) is 4.31. The Morgan fingerprint density at radius 1 is 1.48 bits per heavy atom. The molecule has 0 unspecified atom stereocenters. The van der Waals surface area contributed by atoms with Gasteiger partial charge in [-0.2, -0.15) is 5.26 Å². The molecule has 2 heterocycles. The van der Waals surface area contributed by atoms with Gasteiger partial charge in [0.1, 0.15) is 11.9 Å². The molecule has 1 fully saturated rings. The van der Waals surface area contributed by atoms with Crippen LogP contribution in [0.4, 0.5) is 5.82 Å². The van der Waals surface area contributed by atoms with E-state index in [-0.39, 0.29) is 5.91 Å². The second-order valence-electron chi connectivity index (χ2n) is 4.94. The summed E-state index contributed by atoms with van der Waals surface area (Å²) in [6.45, 7) is 6.53. The number of piperazine rings is 1. The number of pyridine rings is 1. The van der Waals surface area contributed by atoms with Gasteiger partial charge in [-0.3, -0.25) is 9.69 Å². The van der Waals surface area contributed by atoms with E-state index >= 15 is 0 Å². The summed E-state index contributed by atoms with van der Waals surface area (Å²) in [4.78, 5) is 19.5. The minimum atomic E-state index is 0.140. The number of aromatic nitrogens is 1. The first-order valence-electron chi connectivity index (χ1n) is 6.87. The maximum Gasteiger partial charge on any atom is 0.219 e. The van der Waals surface area contributed by atoms with E-state index in [0.717, 1.165) is 39.3 Å². The van der Waals surface area contributed by atoms with Gasteiger partial charge in [-0.15, -0.1) is 0 Å². The van der Waals surface area contributed by atoms with Gasteiger partial charge in [0.2, 0.25) is 5.91 Å². The molecule has 0 bridgehead atoms. The van der Waals surface area contributed by atoms with Crippen LogP contribution in [0.2, 0.25) is 5.02 Å². The molecule has 1 N–H and O–H groups in total. The Labute approximate surface area is 129 Å². The van der Waals surface area contributed by atoms with Gasteiger partial charge in [0.15, 0.2) is 0 Å². The SMILES string of the molecule is CC(=O)N1CCN(CCNc2ncc(C#N)cc2Cl)CC1. The number of hydrogen-bond donors (Lipinski definition) is 1. The molecule has 1 aromatic rings. The Kier molecular flexibility index (Phi) is 5.37. The molecular weight excluding hydrogens is 290 g/mol. The number of carbonyl (C=O) groups excluding carboxylic acids is 1. The first-order chi connectivity index (χ1) is 10.1. The lowest BCUT2D eigenvalue weighted by atomic mass is 10.3. The molecule has 0 aliphatic carbocycles. The summed E-state index contributed by atoms with van der Waals surface area (Å²) in [5.74, 6) is 0.736. The van der Waals surface area contributed by atoms with Gasteiger partial charge < -0.3 is 10.2 Å². The van der Waals surface area contributed by atoms with Crippen LogP contribution in [0.25, 0.3) is 0 Å². The molecule has 7 heteroatoms. The van der Waals surface area contributed by atoms with E-state index in [1.807, 2.05) is 11.0 Å². The minimum Gasteiger partial charge on any atom is -0.368 e. The van der Waals surface area contributed by atoms with Crippen molar-refractivity contribution < 1.29 is 4.79 Å². The van der Waals surface area contributed by atoms with Gasteiger partial charge in [-0.05, 0) is 6.07 Å². The number of rotatable bonds is 4. The fraction of sp³-hybridized carbons (Fsp3) is 0.500. The molecule has 1 amide bonds. The zero-order chi connectivity index (χ0) is 15.2. The van der Waals surface area contributed by atoms with Crippen molar-refractivity contribution in [1.82, 2.24) is 14.8 Å². The topological polar surface area (TPSA) is 72.3 Å². The van der Waals surface area contributed by atoms with Crippen LogP contribution in [0.1, 0.15) is 12.5 Å². The third-order valence-electron chi connectivity index (χ3n) is 3.51. The second kappa shape index (κ2) is 7.25. The largest absolute Gasteiger partial charge is 0.368 e. The standard InChI is InChI=1S/C14H18ClN5O/c1-11(21)20-6-4-19(5-7-20)3-2-17-14-13(15)8-12(9-16)10-18-14/h8,10H,2-7H2,1H3,(H,17,18). The Bertz CT molecular complexity index is 549. The zero-order valence-electron chi connectivity index (χ0n) is 12.0. The summed E-state index contributed by atoms with van der Waals surface area (Å²) >= 11 is 6.05. The van der Waals surface area contributed by atoms with Crippen LogP contribution in [-0.4, -0.2) is 60.0 Å². The van der Waals surface area contributed by atoms with Crippen LogP contribution in [-0.2, 0) is 4.79 Å². The first kappa shape index (κ1) is 15.5. The van der Waals surface area contributed by atoms with Crippen molar-refractivity contribution in [3.05, 3.63) is 22.8 Å². The Hall–Kier alpha value is -1.84. The predicted octanol–water partition coefficient (Wildman–Crippen LogP) is 1.18. The van der Waals surface area contributed by atoms with Gasteiger partial charge >= 0.3 is 0 Å². The van der Waals surface area contributed by atoms with Crippen LogP contribution >= 0.6 is 11.6 Å². The van der Waals surface area contributed by atoms with Crippen LogP contribution in [0.3, 0.4) is 0 Å². The highest BCUT2D eigenvalue weighted by Crippen LogP contribution is 2.19. The fourth-order valence-corrected chi connectivity index (χ4v) is 2.48.